The van der Waals surface area contributed by atoms with Crippen molar-refractivity contribution in [2.45, 2.75) is 30.2 Å². The summed E-state index contributed by atoms with van der Waals surface area (Å²) in [5, 5.41) is 11.1. The molecule has 0 radical (unpaired) electrons. The molecule has 0 aliphatic heterocycles. The lowest BCUT2D eigenvalue weighted by Crippen LogP contribution is -2.33. The molecular formula is C20H20BrN3O2S. The van der Waals surface area contributed by atoms with E-state index in [4.69, 9.17) is 4.42 Å². The normalized spacial score (nSPS) is 13.1. The minimum Gasteiger partial charge on any atom is -0.411 e. The molecule has 1 amide bonds. The lowest BCUT2D eigenvalue weighted by molar-refractivity contribution is -0.120. The molecule has 140 valence electrons. The minimum atomic E-state index is -0.330. The summed E-state index contributed by atoms with van der Waals surface area (Å²) in [7, 11) is 0. The Hall–Kier alpha value is -2.12. The van der Waals surface area contributed by atoms with E-state index in [0.717, 1.165) is 10.0 Å². The van der Waals surface area contributed by atoms with Gasteiger partial charge in [-0.3, -0.25) is 4.79 Å². The lowest BCUT2D eigenvalue weighted by Gasteiger charge is -2.15. The molecule has 1 aromatic heterocycles. The van der Waals surface area contributed by atoms with Gasteiger partial charge in [0.25, 0.3) is 5.22 Å². The average Bonchev–Trinajstić information content (AvgIpc) is 3.15. The van der Waals surface area contributed by atoms with Crippen LogP contribution in [0.1, 0.15) is 25.3 Å². The van der Waals surface area contributed by atoms with Gasteiger partial charge < -0.3 is 9.73 Å². The van der Waals surface area contributed by atoms with Crippen LogP contribution in [-0.2, 0) is 4.79 Å². The van der Waals surface area contributed by atoms with Crippen LogP contribution in [0, 0.1) is 0 Å². The van der Waals surface area contributed by atoms with Gasteiger partial charge in [0, 0.05) is 16.6 Å². The summed E-state index contributed by atoms with van der Waals surface area (Å²) < 4.78 is 6.62. The molecule has 0 aliphatic rings. The van der Waals surface area contributed by atoms with Crippen LogP contribution in [0.2, 0.25) is 0 Å². The van der Waals surface area contributed by atoms with Crippen LogP contribution < -0.4 is 5.32 Å². The van der Waals surface area contributed by atoms with Crippen molar-refractivity contribution < 1.29 is 9.21 Å². The lowest BCUT2D eigenvalue weighted by atomic mass is 10.0. The topological polar surface area (TPSA) is 68.0 Å². The van der Waals surface area contributed by atoms with Gasteiger partial charge in [0.05, 0.1) is 5.25 Å². The van der Waals surface area contributed by atoms with Crippen LogP contribution in [0.15, 0.2) is 68.7 Å². The number of rotatable bonds is 7. The summed E-state index contributed by atoms with van der Waals surface area (Å²) in [5.41, 5.74) is 2.03. The number of aromatic nitrogens is 2. The number of amides is 1. The molecule has 1 N–H and O–H groups in total. The van der Waals surface area contributed by atoms with Gasteiger partial charge in [-0.25, -0.2) is 0 Å². The zero-order valence-electron chi connectivity index (χ0n) is 15.1. The highest BCUT2D eigenvalue weighted by atomic mass is 79.9. The van der Waals surface area contributed by atoms with Crippen molar-refractivity contribution in [3.63, 3.8) is 0 Å². The second kappa shape index (κ2) is 9.19. The van der Waals surface area contributed by atoms with Crippen LogP contribution in [0.3, 0.4) is 0 Å². The maximum Gasteiger partial charge on any atom is 0.277 e. The zero-order valence-corrected chi connectivity index (χ0v) is 17.5. The number of halogens is 1. The van der Waals surface area contributed by atoms with E-state index in [0.29, 0.717) is 17.7 Å². The average molecular weight is 446 g/mol. The molecule has 2 atom stereocenters. The Morgan fingerprint density at radius 2 is 1.93 bits per heavy atom. The molecular weight excluding hydrogens is 426 g/mol. The molecule has 0 fully saturated rings. The van der Waals surface area contributed by atoms with Crippen molar-refractivity contribution in [1.29, 1.82) is 0 Å². The molecule has 1 heterocycles. The third-order valence-electron chi connectivity index (χ3n) is 4.08. The molecule has 0 unspecified atom stereocenters. The van der Waals surface area contributed by atoms with E-state index in [1.807, 2.05) is 49.4 Å². The number of hydrogen-bond donors (Lipinski definition) is 1. The van der Waals surface area contributed by atoms with Crippen molar-refractivity contribution >= 4 is 33.6 Å². The Morgan fingerprint density at radius 3 is 2.67 bits per heavy atom. The van der Waals surface area contributed by atoms with E-state index >= 15 is 0 Å². The first-order chi connectivity index (χ1) is 13.0. The van der Waals surface area contributed by atoms with E-state index in [9.17, 15) is 4.79 Å². The van der Waals surface area contributed by atoms with E-state index in [1.165, 1.54) is 17.3 Å². The molecule has 0 saturated carbocycles. The van der Waals surface area contributed by atoms with Crippen molar-refractivity contribution in [2.24, 2.45) is 0 Å². The van der Waals surface area contributed by atoms with Crippen molar-refractivity contribution in [2.75, 3.05) is 6.54 Å². The maximum atomic E-state index is 12.4. The second-order valence-corrected chi connectivity index (χ2v) is 8.41. The molecule has 0 aliphatic carbocycles. The fourth-order valence-electron chi connectivity index (χ4n) is 2.50. The first-order valence-corrected chi connectivity index (χ1v) is 10.3. The predicted molar refractivity (Wildman–Crippen MR) is 111 cm³/mol. The van der Waals surface area contributed by atoms with Crippen LogP contribution in [0.4, 0.5) is 0 Å². The fraction of sp³-hybridized carbons (Fsp3) is 0.250. The van der Waals surface area contributed by atoms with Gasteiger partial charge in [-0.15, -0.1) is 10.2 Å². The number of hydrogen-bond acceptors (Lipinski definition) is 5. The Morgan fingerprint density at radius 1 is 1.15 bits per heavy atom. The molecule has 7 heteroatoms. The summed E-state index contributed by atoms with van der Waals surface area (Å²) in [6.45, 7) is 4.51. The molecule has 2 aromatic carbocycles. The molecule has 3 rings (SSSR count). The smallest absolute Gasteiger partial charge is 0.277 e. The van der Waals surface area contributed by atoms with E-state index in [2.05, 4.69) is 50.5 Å². The number of nitrogens with zero attached hydrogens (tertiary/aromatic N) is 2. The zero-order chi connectivity index (χ0) is 19.2. The van der Waals surface area contributed by atoms with Crippen LogP contribution in [0.25, 0.3) is 11.5 Å². The van der Waals surface area contributed by atoms with Crippen LogP contribution >= 0.6 is 27.7 Å². The Labute approximate surface area is 171 Å². The highest BCUT2D eigenvalue weighted by molar-refractivity contribution is 9.10. The Balaban J connectivity index is 1.54. The fourth-order valence-corrected chi connectivity index (χ4v) is 3.60. The molecule has 0 bridgehead atoms. The van der Waals surface area contributed by atoms with Crippen molar-refractivity contribution in [3.05, 3.63) is 64.6 Å². The third kappa shape index (κ3) is 5.43. The summed E-state index contributed by atoms with van der Waals surface area (Å²) in [4.78, 5) is 12.4. The maximum absolute atomic E-state index is 12.4. The Bertz CT molecular complexity index is 901. The summed E-state index contributed by atoms with van der Waals surface area (Å²) >= 11 is 4.68. The summed E-state index contributed by atoms with van der Waals surface area (Å²) in [5.74, 6) is 0.632. The Kier molecular flexibility index (Phi) is 6.68. The van der Waals surface area contributed by atoms with Crippen LogP contribution in [-0.4, -0.2) is 27.9 Å². The quantitative estimate of drug-likeness (QED) is 0.523. The number of nitrogens with one attached hydrogen (secondary N) is 1. The molecule has 3 aromatic rings. The number of benzene rings is 2. The first-order valence-electron chi connectivity index (χ1n) is 8.61. The van der Waals surface area contributed by atoms with Gasteiger partial charge in [-0.1, -0.05) is 71.0 Å². The molecule has 5 nitrogen and oxygen atoms in total. The van der Waals surface area contributed by atoms with Crippen molar-refractivity contribution in [1.82, 2.24) is 15.5 Å². The van der Waals surface area contributed by atoms with Gasteiger partial charge in [-0.2, -0.15) is 0 Å². The van der Waals surface area contributed by atoms with Crippen LogP contribution in [0.5, 0.6) is 0 Å². The highest BCUT2D eigenvalue weighted by Crippen LogP contribution is 2.27. The summed E-state index contributed by atoms with van der Waals surface area (Å²) in [6.07, 6.45) is 0. The standard InChI is InChI=1S/C20H20BrN3O2S/c1-13(15-7-4-3-5-8-15)12-22-18(25)14(2)27-20-24-23-19(26-20)16-9-6-10-17(21)11-16/h3-11,13-14H,12H2,1-2H3,(H,22,25)/t13-,14+/m1/s1. The molecule has 0 saturated heterocycles. The number of thioether (sulfide) groups is 1. The van der Waals surface area contributed by atoms with Gasteiger partial charge in [0.1, 0.15) is 0 Å². The van der Waals surface area contributed by atoms with Gasteiger partial charge in [-0.05, 0) is 36.6 Å². The number of carbonyl (C=O) groups is 1. The third-order valence-corrected chi connectivity index (χ3v) is 5.50. The monoisotopic (exact) mass is 445 g/mol. The number of carbonyl (C=O) groups excluding carboxylic acids is 1. The first kappa shape index (κ1) is 19.6. The van der Waals surface area contributed by atoms with Gasteiger partial charge in [0.2, 0.25) is 11.8 Å². The van der Waals surface area contributed by atoms with Gasteiger partial charge >= 0.3 is 0 Å². The van der Waals surface area contributed by atoms with Gasteiger partial charge in [0.15, 0.2) is 0 Å². The van der Waals surface area contributed by atoms with E-state index < -0.39 is 0 Å². The van der Waals surface area contributed by atoms with E-state index in [-0.39, 0.29) is 17.1 Å². The molecule has 27 heavy (non-hydrogen) atoms. The molecule has 0 spiro atoms. The van der Waals surface area contributed by atoms with Crippen molar-refractivity contribution in [3.8, 4) is 11.5 Å². The second-order valence-electron chi connectivity index (χ2n) is 6.20. The van der Waals surface area contributed by atoms with E-state index in [1.54, 1.807) is 0 Å². The largest absolute Gasteiger partial charge is 0.411 e. The highest BCUT2D eigenvalue weighted by Gasteiger charge is 2.19. The predicted octanol–water partition coefficient (Wildman–Crippen LogP) is 4.90. The minimum absolute atomic E-state index is 0.0509. The summed E-state index contributed by atoms with van der Waals surface area (Å²) in [6, 6.07) is 17.8. The SMILES string of the molecule is C[C@H](Sc1nnc(-c2cccc(Br)c2)o1)C(=O)NC[C@@H](C)c1ccccc1.